The molecule has 0 aliphatic heterocycles. The maximum absolute atomic E-state index is 13.0. The van der Waals surface area contributed by atoms with Crippen LogP contribution in [0.4, 0.5) is 15.8 Å². The topological polar surface area (TPSA) is 81.5 Å². The molecule has 22 heavy (non-hydrogen) atoms. The molecular formula is C14H10ClFN2O4. The normalized spacial score (nSPS) is 10.1. The van der Waals surface area contributed by atoms with E-state index in [1.165, 1.54) is 25.3 Å². The minimum Gasteiger partial charge on any atom is -0.495 e. The Kier molecular flexibility index (Phi) is 4.57. The second kappa shape index (κ2) is 6.40. The van der Waals surface area contributed by atoms with Crippen molar-refractivity contribution in [3.8, 4) is 5.75 Å². The first-order chi connectivity index (χ1) is 10.4. The average molecular weight is 325 g/mol. The van der Waals surface area contributed by atoms with E-state index in [2.05, 4.69) is 5.32 Å². The van der Waals surface area contributed by atoms with Gasteiger partial charge in [0, 0.05) is 12.1 Å². The summed E-state index contributed by atoms with van der Waals surface area (Å²) in [5.41, 5.74) is -0.0555. The number of rotatable bonds is 4. The Labute approximate surface area is 129 Å². The molecule has 0 saturated carbocycles. The van der Waals surface area contributed by atoms with E-state index in [-0.39, 0.29) is 27.7 Å². The molecule has 0 spiro atoms. The fourth-order valence-electron chi connectivity index (χ4n) is 1.77. The lowest BCUT2D eigenvalue weighted by atomic mass is 10.2. The zero-order valence-electron chi connectivity index (χ0n) is 11.3. The smallest absolute Gasteiger partial charge is 0.271 e. The molecule has 8 heteroatoms. The lowest BCUT2D eigenvalue weighted by Crippen LogP contribution is -2.13. The number of hydrogen-bond donors (Lipinski definition) is 1. The van der Waals surface area contributed by atoms with Gasteiger partial charge in [-0.05, 0) is 24.3 Å². The molecule has 0 heterocycles. The summed E-state index contributed by atoms with van der Waals surface area (Å²) in [6.07, 6.45) is 0. The predicted molar refractivity (Wildman–Crippen MR) is 79.0 cm³/mol. The number of benzene rings is 2. The van der Waals surface area contributed by atoms with Gasteiger partial charge in [0.2, 0.25) is 0 Å². The Hall–Kier alpha value is -2.67. The van der Waals surface area contributed by atoms with Gasteiger partial charge >= 0.3 is 0 Å². The number of carbonyl (C=O) groups is 1. The molecule has 2 rings (SSSR count). The fraction of sp³-hybridized carbons (Fsp3) is 0.0714. The third-order valence-electron chi connectivity index (χ3n) is 2.82. The van der Waals surface area contributed by atoms with Gasteiger partial charge in [-0.15, -0.1) is 0 Å². The molecule has 0 aliphatic rings. The molecule has 0 aromatic heterocycles. The number of carbonyl (C=O) groups excluding carboxylic acids is 1. The van der Waals surface area contributed by atoms with E-state index >= 15 is 0 Å². The highest BCUT2D eigenvalue weighted by Gasteiger charge is 2.16. The van der Waals surface area contributed by atoms with E-state index in [4.69, 9.17) is 16.3 Å². The highest BCUT2D eigenvalue weighted by molar-refractivity contribution is 6.34. The van der Waals surface area contributed by atoms with Crippen molar-refractivity contribution in [3.63, 3.8) is 0 Å². The van der Waals surface area contributed by atoms with E-state index < -0.39 is 16.6 Å². The van der Waals surface area contributed by atoms with Crippen molar-refractivity contribution >= 4 is 28.9 Å². The van der Waals surface area contributed by atoms with Crippen LogP contribution >= 0.6 is 11.6 Å². The van der Waals surface area contributed by atoms with Crippen molar-refractivity contribution in [2.75, 3.05) is 12.4 Å². The highest BCUT2D eigenvalue weighted by atomic mass is 35.5. The molecule has 0 radical (unpaired) electrons. The van der Waals surface area contributed by atoms with Crippen molar-refractivity contribution in [2.24, 2.45) is 0 Å². The van der Waals surface area contributed by atoms with Gasteiger partial charge in [0.15, 0.2) is 0 Å². The molecule has 114 valence electrons. The van der Waals surface area contributed by atoms with E-state index in [0.29, 0.717) is 0 Å². The first kappa shape index (κ1) is 15.7. The van der Waals surface area contributed by atoms with Crippen LogP contribution in [0.15, 0.2) is 36.4 Å². The minimum absolute atomic E-state index is 0.0385. The summed E-state index contributed by atoms with van der Waals surface area (Å²) < 4.78 is 18.0. The van der Waals surface area contributed by atoms with Crippen LogP contribution in [0.5, 0.6) is 5.75 Å². The molecule has 0 atom stereocenters. The van der Waals surface area contributed by atoms with E-state index in [9.17, 15) is 19.3 Å². The summed E-state index contributed by atoms with van der Waals surface area (Å²) in [4.78, 5) is 22.3. The van der Waals surface area contributed by atoms with Crippen LogP contribution < -0.4 is 10.1 Å². The molecule has 0 aliphatic carbocycles. The summed E-state index contributed by atoms with van der Waals surface area (Å²) in [6, 6.07) is 7.08. The maximum Gasteiger partial charge on any atom is 0.271 e. The molecule has 0 unspecified atom stereocenters. The molecule has 2 aromatic rings. The number of nitro groups is 1. The van der Waals surface area contributed by atoms with Crippen LogP contribution in [0.2, 0.25) is 5.02 Å². The number of non-ortho nitro benzene ring substituents is 1. The van der Waals surface area contributed by atoms with Crippen molar-refractivity contribution in [1.82, 2.24) is 0 Å². The Morgan fingerprint density at radius 2 is 2.05 bits per heavy atom. The third kappa shape index (κ3) is 3.32. The van der Waals surface area contributed by atoms with Crippen LogP contribution in [-0.4, -0.2) is 17.9 Å². The number of anilines is 1. The average Bonchev–Trinajstić information content (AvgIpc) is 2.46. The number of amides is 1. The van der Waals surface area contributed by atoms with E-state index in [0.717, 1.165) is 18.2 Å². The lowest BCUT2D eigenvalue weighted by molar-refractivity contribution is -0.384. The first-order valence-electron chi connectivity index (χ1n) is 6.01. The zero-order chi connectivity index (χ0) is 16.3. The number of nitrogens with one attached hydrogen (secondary N) is 1. The predicted octanol–water partition coefficient (Wildman–Crippen LogP) is 3.65. The van der Waals surface area contributed by atoms with Gasteiger partial charge in [0.1, 0.15) is 11.6 Å². The van der Waals surface area contributed by atoms with Crippen molar-refractivity contribution in [1.29, 1.82) is 0 Å². The maximum atomic E-state index is 13.0. The summed E-state index contributed by atoms with van der Waals surface area (Å²) in [6.45, 7) is 0. The van der Waals surface area contributed by atoms with Crippen LogP contribution in [0.3, 0.4) is 0 Å². The summed E-state index contributed by atoms with van der Waals surface area (Å²) in [5, 5.41) is 13.2. The highest BCUT2D eigenvalue weighted by Crippen LogP contribution is 2.30. The Morgan fingerprint density at radius 1 is 1.32 bits per heavy atom. The quantitative estimate of drug-likeness (QED) is 0.687. The fourth-order valence-corrected chi connectivity index (χ4v) is 2.02. The van der Waals surface area contributed by atoms with Crippen LogP contribution in [-0.2, 0) is 0 Å². The van der Waals surface area contributed by atoms with Gasteiger partial charge in [-0.1, -0.05) is 11.6 Å². The zero-order valence-corrected chi connectivity index (χ0v) is 12.1. The molecular weight excluding hydrogens is 315 g/mol. The van der Waals surface area contributed by atoms with Gasteiger partial charge in [0.05, 0.1) is 28.3 Å². The molecule has 1 amide bonds. The van der Waals surface area contributed by atoms with Crippen molar-refractivity contribution < 1.29 is 18.8 Å². The van der Waals surface area contributed by atoms with E-state index in [1.807, 2.05) is 0 Å². The monoisotopic (exact) mass is 324 g/mol. The number of methoxy groups -OCH3 is 1. The van der Waals surface area contributed by atoms with Gasteiger partial charge in [-0.3, -0.25) is 14.9 Å². The number of nitro benzene ring substituents is 1. The third-order valence-corrected chi connectivity index (χ3v) is 3.13. The SMILES string of the molecule is COc1ccc([N+](=O)[O-])cc1NC(=O)c1ccc(F)cc1Cl. The largest absolute Gasteiger partial charge is 0.495 e. The molecule has 6 nitrogen and oxygen atoms in total. The number of halogens is 2. The Balaban J connectivity index is 2.34. The van der Waals surface area contributed by atoms with Gasteiger partial charge < -0.3 is 10.1 Å². The van der Waals surface area contributed by atoms with E-state index in [1.54, 1.807) is 0 Å². The summed E-state index contributed by atoms with van der Waals surface area (Å²) in [5.74, 6) is -0.963. The second-order valence-electron chi connectivity index (χ2n) is 4.22. The molecule has 0 saturated heterocycles. The molecule has 0 fully saturated rings. The number of nitrogens with zero attached hydrogens (tertiary/aromatic N) is 1. The minimum atomic E-state index is -0.635. The van der Waals surface area contributed by atoms with Crippen LogP contribution in [0.1, 0.15) is 10.4 Å². The van der Waals surface area contributed by atoms with Gasteiger partial charge in [0.25, 0.3) is 11.6 Å². The van der Waals surface area contributed by atoms with Gasteiger partial charge in [-0.25, -0.2) is 4.39 Å². The summed E-state index contributed by atoms with van der Waals surface area (Å²) in [7, 11) is 1.36. The molecule has 1 N–H and O–H groups in total. The van der Waals surface area contributed by atoms with Gasteiger partial charge in [-0.2, -0.15) is 0 Å². The van der Waals surface area contributed by atoms with Crippen LogP contribution in [0.25, 0.3) is 0 Å². The standard InChI is InChI=1S/C14H10ClFN2O4/c1-22-13-5-3-9(18(20)21)7-12(13)17-14(19)10-4-2-8(16)6-11(10)15/h2-7H,1H3,(H,17,19). The number of ether oxygens (including phenoxy) is 1. The van der Waals surface area contributed by atoms with Crippen molar-refractivity contribution in [3.05, 3.63) is 62.9 Å². The Bertz CT molecular complexity index is 752. The van der Waals surface area contributed by atoms with Crippen LogP contribution in [0, 0.1) is 15.9 Å². The lowest BCUT2D eigenvalue weighted by Gasteiger charge is -2.10. The van der Waals surface area contributed by atoms with Crippen molar-refractivity contribution in [2.45, 2.75) is 0 Å². The first-order valence-corrected chi connectivity index (χ1v) is 6.39. The molecule has 2 aromatic carbocycles. The number of hydrogen-bond acceptors (Lipinski definition) is 4. The summed E-state index contributed by atoms with van der Waals surface area (Å²) >= 11 is 5.81. The second-order valence-corrected chi connectivity index (χ2v) is 4.63. The Morgan fingerprint density at radius 3 is 2.64 bits per heavy atom. The molecule has 0 bridgehead atoms.